The minimum absolute atomic E-state index is 0.321. The summed E-state index contributed by atoms with van der Waals surface area (Å²) in [6.07, 6.45) is 5.46. The van der Waals surface area contributed by atoms with E-state index in [9.17, 15) is 9.59 Å². The van der Waals surface area contributed by atoms with E-state index in [2.05, 4.69) is 10.3 Å². The first-order valence-corrected chi connectivity index (χ1v) is 6.98. The van der Waals surface area contributed by atoms with E-state index in [-0.39, 0.29) is 11.9 Å². The highest BCUT2D eigenvalue weighted by Gasteiger charge is 2.42. The lowest BCUT2D eigenvalue weighted by atomic mass is 9.81. The second-order valence-corrected chi connectivity index (χ2v) is 5.35. The third-order valence-corrected chi connectivity index (χ3v) is 3.85. The number of amides is 1. The average molecular weight is 297 g/mol. The van der Waals surface area contributed by atoms with E-state index in [1.807, 2.05) is 0 Å². The van der Waals surface area contributed by atoms with Gasteiger partial charge in [0.1, 0.15) is 10.7 Å². The van der Waals surface area contributed by atoms with Crippen molar-refractivity contribution in [1.82, 2.24) is 10.3 Å². The van der Waals surface area contributed by atoms with Crippen LogP contribution < -0.4 is 5.32 Å². The molecule has 1 aliphatic rings. The molecule has 0 aliphatic heterocycles. The van der Waals surface area contributed by atoms with E-state index < -0.39 is 5.54 Å². The zero-order valence-electron chi connectivity index (χ0n) is 11.3. The molecule has 1 heterocycles. The van der Waals surface area contributed by atoms with Crippen molar-refractivity contribution in [3.63, 3.8) is 0 Å². The molecule has 0 radical (unpaired) electrons. The molecule has 0 atom stereocenters. The molecular weight excluding hydrogens is 280 g/mol. The zero-order valence-corrected chi connectivity index (χ0v) is 12.1. The Balaban J connectivity index is 2.17. The van der Waals surface area contributed by atoms with Crippen LogP contribution in [0.5, 0.6) is 0 Å². The quantitative estimate of drug-likeness (QED) is 0.687. The van der Waals surface area contributed by atoms with Gasteiger partial charge in [0.05, 0.1) is 12.7 Å². The molecule has 1 aromatic heterocycles. The largest absolute Gasteiger partial charge is 0.467 e. The van der Waals surface area contributed by atoms with Crippen LogP contribution in [0.15, 0.2) is 18.3 Å². The predicted octanol–water partition coefficient (Wildman–Crippen LogP) is 2.34. The first-order chi connectivity index (χ1) is 9.57. The Morgan fingerprint density at radius 2 is 2.00 bits per heavy atom. The van der Waals surface area contributed by atoms with Gasteiger partial charge in [-0.3, -0.25) is 4.79 Å². The highest BCUT2D eigenvalue weighted by atomic mass is 35.5. The van der Waals surface area contributed by atoms with E-state index in [4.69, 9.17) is 16.3 Å². The molecule has 6 heteroatoms. The Bertz CT molecular complexity index is 496. The lowest BCUT2D eigenvalue weighted by Crippen LogP contribution is -2.56. The normalized spacial score (nSPS) is 17.3. The van der Waals surface area contributed by atoms with Crippen molar-refractivity contribution in [1.29, 1.82) is 0 Å². The smallest absolute Gasteiger partial charge is 0.331 e. The molecule has 0 spiro atoms. The van der Waals surface area contributed by atoms with Crippen molar-refractivity contribution in [2.45, 2.75) is 37.6 Å². The Morgan fingerprint density at radius 3 is 2.55 bits per heavy atom. The number of halogens is 1. The first-order valence-electron chi connectivity index (χ1n) is 6.60. The third kappa shape index (κ3) is 3.10. The number of nitrogens with one attached hydrogen (secondary N) is 1. The van der Waals surface area contributed by atoms with E-state index in [0.717, 1.165) is 19.3 Å². The van der Waals surface area contributed by atoms with Gasteiger partial charge in [-0.2, -0.15) is 0 Å². The molecule has 1 aliphatic carbocycles. The second kappa shape index (κ2) is 6.22. The van der Waals surface area contributed by atoms with Gasteiger partial charge in [0, 0.05) is 6.20 Å². The van der Waals surface area contributed by atoms with Gasteiger partial charge in [-0.1, -0.05) is 30.9 Å². The van der Waals surface area contributed by atoms with Crippen molar-refractivity contribution in [2.75, 3.05) is 7.11 Å². The zero-order chi connectivity index (χ0) is 14.6. The van der Waals surface area contributed by atoms with Gasteiger partial charge in [-0.25, -0.2) is 9.78 Å². The molecule has 1 saturated carbocycles. The van der Waals surface area contributed by atoms with Crippen molar-refractivity contribution in [2.24, 2.45) is 0 Å². The van der Waals surface area contributed by atoms with E-state index >= 15 is 0 Å². The molecule has 1 fully saturated rings. The highest BCUT2D eigenvalue weighted by molar-refractivity contribution is 6.29. The van der Waals surface area contributed by atoms with Crippen LogP contribution in [-0.4, -0.2) is 29.5 Å². The summed E-state index contributed by atoms with van der Waals surface area (Å²) in [5.74, 6) is -0.714. The van der Waals surface area contributed by atoms with Crippen molar-refractivity contribution in [3.05, 3.63) is 29.0 Å². The molecule has 1 amide bonds. The number of esters is 1. The maximum absolute atomic E-state index is 12.2. The van der Waals surface area contributed by atoms with Crippen molar-refractivity contribution in [3.8, 4) is 0 Å². The molecule has 20 heavy (non-hydrogen) atoms. The fourth-order valence-electron chi connectivity index (χ4n) is 2.53. The summed E-state index contributed by atoms with van der Waals surface area (Å²) in [5, 5.41) is 3.14. The number of aromatic nitrogens is 1. The fraction of sp³-hybridized carbons (Fsp3) is 0.500. The van der Waals surface area contributed by atoms with Crippen LogP contribution in [-0.2, 0) is 9.53 Å². The summed E-state index contributed by atoms with van der Waals surface area (Å²) in [6, 6.07) is 3.13. The van der Waals surface area contributed by atoms with Crippen LogP contribution in [0.2, 0.25) is 5.15 Å². The lowest BCUT2D eigenvalue weighted by Gasteiger charge is -2.35. The van der Waals surface area contributed by atoms with Gasteiger partial charge in [0.25, 0.3) is 5.91 Å². The van der Waals surface area contributed by atoms with Crippen LogP contribution >= 0.6 is 11.6 Å². The molecular formula is C14H17ClN2O3. The van der Waals surface area contributed by atoms with Gasteiger partial charge in [0.2, 0.25) is 0 Å². The van der Waals surface area contributed by atoms with Crippen LogP contribution in [0, 0.1) is 0 Å². The number of carbonyl (C=O) groups is 2. The number of nitrogens with zero attached hydrogens (tertiary/aromatic N) is 1. The number of ether oxygens (including phenoxy) is 1. The topological polar surface area (TPSA) is 68.3 Å². The number of rotatable bonds is 3. The standard InChI is InChI=1S/C14H17ClN2O3/c1-20-13(19)14(7-3-2-4-8-14)17-12(18)10-5-6-11(15)16-9-10/h5-6,9H,2-4,7-8H2,1H3,(H,17,18). The van der Waals surface area contributed by atoms with Gasteiger partial charge in [-0.05, 0) is 25.0 Å². The van der Waals surface area contributed by atoms with Gasteiger partial charge < -0.3 is 10.1 Å². The third-order valence-electron chi connectivity index (χ3n) is 3.63. The van der Waals surface area contributed by atoms with Gasteiger partial charge >= 0.3 is 5.97 Å². The lowest BCUT2D eigenvalue weighted by molar-refractivity contribution is -0.149. The summed E-state index contributed by atoms with van der Waals surface area (Å²) >= 11 is 5.69. The summed E-state index contributed by atoms with van der Waals surface area (Å²) < 4.78 is 4.86. The Kier molecular flexibility index (Phi) is 4.60. The molecule has 1 N–H and O–H groups in total. The number of hydrogen-bond acceptors (Lipinski definition) is 4. The van der Waals surface area contributed by atoms with Crippen LogP contribution in [0.1, 0.15) is 42.5 Å². The van der Waals surface area contributed by atoms with Crippen LogP contribution in [0.25, 0.3) is 0 Å². The molecule has 0 saturated heterocycles. The fourth-order valence-corrected chi connectivity index (χ4v) is 2.64. The molecule has 0 aromatic carbocycles. The summed E-state index contributed by atoms with van der Waals surface area (Å²) in [4.78, 5) is 28.2. The number of methoxy groups -OCH3 is 1. The summed E-state index contributed by atoms with van der Waals surface area (Å²) in [7, 11) is 1.34. The monoisotopic (exact) mass is 296 g/mol. The van der Waals surface area contributed by atoms with Gasteiger partial charge in [-0.15, -0.1) is 0 Å². The maximum atomic E-state index is 12.2. The van der Waals surface area contributed by atoms with Crippen molar-refractivity contribution < 1.29 is 14.3 Å². The Labute approximate surface area is 122 Å². The van der Waals surface area contributed by atoms with Gasteiger partial charge in [0.15, 0.2) is 0 Å². The average Bonchev–Trinajstić information content (AvgIpc) is 2.48. The molecule has 0 unspecified atom stereocenters. The SMILES string of the molecule is COC(=O)C1(NC(=O)c2ccc(Cl)nc2)CCCCC1. The molecule has 5 nitrogen and oxygen atoms in total. The predicted molar refractivity (Wildman–Crippen MR) is 74.5 cm³/mol. The minimum Gasteiger partial charge on any atom is -0.467 e. The molecule has 1 aromatic rings. The van der Waals surface area contributed by atoms with E-state index in [1.54, 1.807) is 12.1 Å². The van der Waals surface area contributed by atoms with E-state index in [0.29, 0.717) is 23.6 Å². The molecule has 0 bridgehead atoms. The second-order valence-electron chi connectivity index (χ2n) is 4.96. The summed E-state index contributed by atoms with van der Waals surface area (Å²) in [6.45, 7) is 0. The minimum atomic E-state index is -0.913. The van der Waals surface area contributed by atoms with Crippen LogP contribution in [0.4, 0.5) is 0 Å². The summed E-state index contributed by atoms with van der Waals surface area (Å²) in [5.41, 5.74) is -0.535. The first kappa shape index (κ1) is 14.8. The Hall–Kier alpha value is -1.62. The molecule has 2 rings (SSSR count). The van der Waals surface area contributed by atoms with E-state index in [1.165, 1.54) is 13.3 Å². The van der Waals surface area contributed by atoms with Crippen LogP contribution in [0.3, 0.4) is 0 Å². The number of pyridine rings is 1. The molecule has 108 valence electrons. The van der Waals surface area contributed by atoms with Crippen molar-refractivity contribution >= 4 is 23.5 Å². The highest BCUT2D eigenvalue weighted by Crippen LogP contribution is 2.29. The number of hydrogen-bond donors (Lipinski definition) is 1. The number of carbonyl (C=O) groups excluding carboxylic acids is 2. The Morgan fingerprint density at radius 1 is 1.30 bits per heavy atom. The maximum Gasteiger partial charge on any atom is 0.331 e.